The second-order valence-corrected chi connectivity index (χ2v) is 13.4. The molecule has 7 rings (SSSR count). The molecule has 0 unspecified atom stereocenters. The molecule has 1 aromatic rings. The lowest BCUT2D eigenvalue weighted by molar-refractivity contribution is 0.0338. The van der Waals surface area contributed by atoms with Crippen molar-refractivity contribution in [3.63, 3.8) is 0 Å². The van der Waals surface area contributed by atoms with Gasteiger partial charge in [-0.05, 0) is 81.4 Å². The molecule has 32 heavy (non-hydrogen) atoms. The van der Waals surface area contributed by atoms with E-state index in [2.05, 4.69) is 15.9 Å². The average Bonchev–Trinajstić information content (AvgIpc) is 2.78. The Morgan fingerprint density at radius 1 is 0.906 bits per heavy atom. The number of ether oxygens (including phenoxy) is 2. The van der Waals surface area contributed by atoms with Crippen molar-refractivity contribution in [3.05, 3.63) is 18.2 Å². The highest BCUT2D eigenvalue weighted by atomic mass is 32.2. The number of hydrogen-bond donors (Lipinski definition) is 0. The standard InChI is InChI=1S/C25H36N2O4S/c28-32(29,25-16-19-13-20(17-25)15-21(14-19)18-25)12-2-5-26-6-8-27(9-7-26)22-3-1-4-23-24(22)31-11-10-30-23/h1,3-4,19-21H,2,5-18H2. The molecular formula is C25H36N2O4S. The smallest absolute Gasteiger partial charge is 0.184 e. The molecule has 0 amide bonds. The molecular weight excluding hydrogens is 424 g/mol. The lowest BCUT2D eigenvalue weighted by atomic mass is 9.56. The zero-order valence-electron chi connectivity index (χ0n) is 19.0. The maximum Gasteiger partial charge on any atom is 0.184 e. The molecule has 1 saturated heterocycles. The van der Waals surface area contributed by atoms with Gasteiger partial charge < -0.3 is 14.4 Å². The van der Waals surface area contributed by atoms with Gasteiger partial charge in [0.1, 0.15) is 13.2 Å². The molecule has 2 aliphatic heterocycles. The van der Waals surface area contributed by atoms with E-state index in [4.69, 9.17) is 9.47 Å². The Balaban J connectivity index is 1.02. The molecule has 0 N–H and O–H groups in total. The highest BCUT2D eigenvalue weighted by molar-refractivity contribution is 7.92. The topological polar surface area (TPSA) is 59.1 Å². The van der Waals surface area contributed by atoms with Crippen LogP contribution in [0.1, 0.15) is 44.9 Å². The molecule has 4 saturated carbocycles. The van der Waals surface area contributed by atoms with Gasteiger partial charge in [-0.25, -0.2) is 8.42 Å². The third-order valence-corrected chi connectivity index (χ3v) is 11.4. The van der Waals surface area contributed by atoms with Crippen molar-refractivity contribution in [1.29, 1.82) is 0 Å². The van der Waals surface area contributed by atoms with Crippen LogP contribution in [0.15, 0.2) is 18.2 Å². The van der Waals surface area contributed by atoms with Crippen LogP contribution < -0.4 is 14.4 Å². The van der Waals surface area contributed by atoms with Crippen LogP contribution in [0.5, 0.6) is 11.5 Å². The highest BCUT2D eigenvalue weighted by Crippen LogP contribution is 2.58. The first-order valence-electron chi connectivity index (χ1n) is 12.6. The van der Waals surface area contributed by atoms with E-state index in [0.717, 1.165) is 75.6 Å². The van der Waals surface area contributed by atoms with Crippen LogP contribution in [0.4, 0.5) is 5.69 Å². The van der Waals surface area contributed by atoms with Crippen molar-refractivity contribution in [2.24, 2.45) is 17.8 Å². The zero-order chi connectivity index (χ0) is 21.8. The molecule has 0 spiro atoms. The summed E-state index contributed by atoms with van der Waals surface area (Å²) in [6.07, 6.45) is 7.50. The van der Waals surface area contributed by atoms with Gasteiger partial charge in [0, 0.05) is 26.2 Å². The predicted octanol–water partition coefficient (Wildman–Crippen LogP) is 3.35. The summed E-state index contributed by atoms with van der Waals surface area (Å²) in [5.74, 6) is 4.13. The lowest BCUT2D eigenvalue weighted by Crippen LogP contribution is -2.55. The monoisotopic (exact) mass is 460 g/mol. The average molecular weight is 461 g/mol. The van der Waals surface area contributed by atoms with Gasteiger partial charge in [-0.1, -0.05) is 6.07 Å². The van der Waals surface area contributed by atoms with Gasteiger partial charge in [0.25, 0.3) is 0 Å². The highest BCUT2D eigenvalue weighted by Gasteiger charge is 2.56. The Morgan fingerprint density at radius 3 is 2.25 bits per heavy atom. The first-order chi connectivity index (χ1) is 15.5. The number of rotatable bonds is 6. The molecule has 2 heterocycles. The molecule has 0 atom stereocenters. The number of nitrogens with zero attached hydrogens (tertiary/aromatic N) is 2. The van der Waals surface area contributed by atoms with Crippen LogP contribution in [-0.2, 0) is 9.84 Å². The van der Waals surface area contributed by atoms with Gasteiger partial charge in [-0.15, -0.1) is 0 Å². The lowest BCUT2D eigenvalue weighted by Gasteiger charge is -2.56. The van der Waals surface area contributed by atoms with Gasteiger partial charge in [0.15, 0.2) is 21.3 Å². The SMILES string of the molecule is O=S(=O)(CCCN1CCN(c2cccc3c2OCCO3)CC1)C12CC3CC(CC(C3)C1)C2. The second kappa shape index (κ2) is 8.08. The van der Waals surface area contributed by atoms with E-state index in [9.17, 15) is 8.42 Å². The van der Waals surface area contributed by atoms with E-state index in [-0.39, 0.29) is 4.75 Å². The van der Waals surface area contributed by atoms with Crippen molar-refractivity contribution in [1.82, 2.24) is 4.90 Å². The Hall–Kier alpha value is -1.47. The zero-order valence-corrected chi connectivity index (χ0v) is 19.8. The third kappa shape index (κ3) is 3.69. The molecule has 0 radical (unpaired) electrons. The molecule has 6 nitrogen and oxygen atoms in total. The maximum absolute atomic E-state index is 13.4. The van der Waals surface area contributed by atoms with Crippen LogP contribution in [0, 0.1) is 17.8 Å². The van der Waals surface area contributed by atoms with Crippen molar-refractivity contribution in [2.45, 2.75) is 49.7 Å². The Labute approximate surface area is 192 Å². The Kier molecular flexibility index (Phi) is 5.33. The molecule has 1 aromatic carbocycles. The summed E-state index contributed by atoms with van der Waals surface area (Å²) in [6.45, 7) is 5.87. The predicted molar refractivity (Wildman–Crippen MR) is 125 cm³/mol. The van der Waals surface area contributed by atoms with Gasteiger partial charge in [-0.2, -0.15) is 0 Å². The number of piperazine rings is 1. The molecule has 176 valence electrons. The molecule has 7 heteroatoms. The normalized spacial score (nSPS) is 34.1. The molecule has 6 aliphatic rings. The number of anilines is 1. The number of sulfone groups is 1. The first kappa shape index (κ1) is 21.1. The van der Waals surface area contributed by atoms with E-state index in [1.54, 1.807) is 0 Å². The number of hydrogen-bond acceptors (Lipinski definition) is 6. The van der Waals surface area contributed by atoms with Gasteiger partial charge >= 0.3 is 0 Å². The van der Waals surface area contributed by atoms with E-state index >= 15 is 0 Å². The van der Waals surface area contributed by atoms with Gasteiger partial charge in [-0.3, -0.25) is 4.90 Å². The fraction of sp³-hybridized carbons (Fsp3) is 0.760. The minimum atomic E-state index is -3.01. The van der Waals surface area contributed by atoms with Crippen molar-refractivity contribution < 1.29 is 17.9 Å². The summed E-state index contributed by atoms with van der Waals surface area (Å²) >= 11 is 0. The Bertz CT molecular complexity index is 919. The minimum Gasteiger partial charge on any atom is -0.486 e. The van der Waals surface area contributed by atoms with E-state index in [0.29, 0.717) is 36.7 Å². The molecule has 4 aliphatic carbocycles. The van der Waals surface area contributed by atoms with Crippen molar-refractivity contribution >= 4 is 15.5 Å². The first-order valence-corrected chi connectivity index (χ1v) is 14.2. The molecule has 5 fully saturated rings. The number of benzene rings is 1. The summed E-state index contributed by atoms with van der Waals surface area (Å²) in [5, 5.41) is 0. The van der Waals surface area contributed by atoms with Crippen LogP contribution in [-0.4, -0.2) is 69.8 Å². The third-order valence-electron chi connectivity index (χ3n) is 8.79. The van der Waals surface area contributed by atoms with Crippen LogP contribution in [0.25, 0.3) is 0 Å². The van der Waals surface area contributed by atoms with Crippen molar-refractivity contribution in [3.8, 4) is 11.5 Å². The summed E-state index contributed by atoms with van der Waals surface area (Å²) in [4.78, 5) is 4.80. The fourth-order valence-corrected chi connectivity index (χ4v) is 10.0. The maximum atomic E-state index is 13.4. The van der Waals surface area contributed by atoms with Gasteiger partial charge in [0.05, 0.1) is 16.2 Å². The van der Waals surface area contributed by atoms with Crippen molar-refractivity contribution in [2.75, 3.05) is 56.6 Å². The molecule has 4 bridgehead atoms. The summed E-state index contributed by atoms with van der Waals surface area (Å²) in [5.41, 5.74) is 1.12. The van der Waals surface area contributed by atoms with E-state index in [1.165, 1.54) is 19.3 Å². The summed E-state index contributed by atoms with van der Waals surface area (Å²) < 4.78 is 38.1. The fourth-order valence-electron chi connectivity index (χ4n) is 7.63. The van der Waals surface area contributed by atoms with Gasteiger partial charge in [0.2, 0.25) is 0 Å². The van der Waals surface area contributed by atoms with Crippen LogP contribution in [0.2, 0.25) is 0 Å². The Morgan fingerprint density at radius 2 is 1.56 bits per heavy atom. The quantitative estimate of drug-likeness (QED) is 0.649. The van der Waals surface area contributed by atoms with E-state index < -0.39 is 9.84 Å². The summed E-state index contributed by atoms with van der Waals surface area (Å²) in [7, 11) is -3.01. The minimum absolute atomic E-state index is 0.366. The largest absolute Gasteiger partial charge is 0.486 e. The number of fused-ring (bicyclic) bond motifs is 1. The second-order valence-electron chi connectivity index (χ2n) is 10.9. The van der Waals surface area contributed by atoms with E-state index in [1.807, 2.05) is 12.1 Å². The number of para-hydroxylation sites is 1. The van der Waals surface area contributed by atoms with Crippen LogP contribution in [0.3, 0.4) is 0 Å². The molecule has 0 aromatic heterocycles. The summed E-state index contributed by atoms with van der Waals surface area (Å²) in [6, 6.07) is 6.12. The van der Waals surface area contributed by atoms with Crippen LogP contribution >= 0.6 is 0 Å².